The average molecular weight is 1020 g/mol. The molecule has 11 unspecified atom stereocenters. The van der Waals surface area contributed by atoms with Crippen molar-refractivity contribution in [1.29, 1.82) is 0 Å². The van der Waals surface area contributed by atoms with Gasteiger partial charge in [0.05, 0.1) is 44.8 Å². The van der Waals surface area contributed by atoms with Gasteiger partial charge in [-0.2, -0.15) is 0 Å². The summed E-state index contributed by atoms with van der Waals surface area (Å²) in [5.41, 5.74) is 1.69. The summed E-state index contributed by atoms with van der Waals surface area (Å²) in [6, 6.07) is -1.89. The molecule has 0 aliphatic carbocycles. The minimum absolute atomic E-state index is 0.163. The summed E-state index contributed by atoms with van der Waals surface area (Å²) in [5.74, 6) is -15.4. The number of carbonyl (C=O) groups is 11. The Morgan fingerprint density at radius 1 is 0.681 bits per heavy atom. The molecule has 11 atom stereocenters. The number of carboxylic acids is 2. The normalized spacial score (nSPS) is 25.8. The van der Waals surface area contributed by atoms with Crippen LogP contribution < -0.4 is 37.2 Å². The van der Waals surface area contributed by atoms with E-state index in [2.05, 4.69) is 42.0 Å². The second-order valence-corrected chi connectivity index (χ2v) is 17.4. The van der Waals surface area contributed by atoms with Gasteiger partial charge in [0.25, 0.3) is 0 Å². The van der Waals surface area contributed by atoms with Crippen molar-refractivity contribution in [3.63, 3.8) is 0 Å². The highest BCUT2D eigenvalue weighted by Gasteiger charge is 2.38. The molecular weight excluding hydrogens is 947 g/mol. The van der Waals surface area contributed by atoms with E-state index in [1.54, 1.807) is 20.1 Å². The number of esters is 2. The number of benzene rings is 1. The zero-order chi connectivity index (χ0) is 54.2. The highest BCUT2D eigenvalue weighted by Crippen LogP contribution is 2.19. The Labute approximate surface area is 417 Å². The van der Waals surface area contributed by atoms with Crippen molar-refractivity contribution in [1.82, 2.24) is 37.2 Å². The molecule has 1 heterocycles. The van der Waals surface area contributed by atoms with Gasteiger partial charge in [0.2, 0.25) is 41.4 Å². The SMILES string of the molecule is COC(=O)CCC1NC(=O)C(C)NC(=O)C(CO)NC(=O)CCC(C(=O)O)NC(=O)C(C)C(C=CC(C)=CC(C)C(Cc2ccccc2)OC)NC(=O)C(CCC(=O)OC)NC(=O)C(C)C(C(=O)O)NC1=O. The van der Waals surface area contributed by atoms with Crippen LogP contribution in [0.4, 0.5) is 0 Å². The predicted molar refractivity (Wildman–Crippen MR) is 255 cm³/mol. The molecule has 0 bridgehead atoms. The topological polar surface area (TPSA) is 360 Å². The number of aliphatic hydroxyl groups excluding tert-OH is 1. The van der Waals surface area contributed by atoms with Crippen molar-refractivity contribution in [2.75, 3.05) is 27.9 Å². The average Bonchev–Trinajstić information content (AvgIpc) is 3.34. The quantitative estimate of drug-likeness (QED) is 0.0696. The minimum atomic E-state index is -2.05. The van der Waals surface area contributed by atoms with E-state index in [4.69, 9.17) is 9.47 Å². The van der Waals surface area contributed by atoms with Crippen molar-refractivity contribution in [3.8, 4) is 0 Å². The van der Waals surface area contributed by atoms with Gasteiger partial charge in [-0.05, 0) is 45.1 Å². The first kappa shape index (κ1) is 60.9. The molecule has 24 heteroatoms. The number of ether oxygens (including phenoxy) is 3. The molecule has 1 aliphatic heterocycles. The molecule has 24 nitrogen and oxygen atoms in total. The van der Waals surface area contributed by atoms with E-state index in [1.165, 1.54) is 13.0 Å². The van der Waals surface area contributed by atoms with Gasteiger partial charge in [0, 0.05) is 32.3 Å². The van der Waals surface area contributed by atoms with Crippen molar-refractivity contribution in [3.05, 3.63) is 59.7 Å². The smallest absolute Gasteiger partial charge is 0.327 e. The number of hydrogen-bond donors (Lipinski definition) is 10. The Hall–Kier alpha value is -7.21. The third-order valence-corrected chi connectivity index (χ3v) is 11.9. The number of aliphatic hydroxyl groups is 1. The summed E-state index contributed by atoms with van der Waals surface area (Å²) in [6.07, 6.45) is 2.31. The van der Waals surface area contributed by atoms with Crippen molar-refractivity contribution in [2.24, 2.45) is 17.8 Å². The van der Waals surface area contributed by atoms with E-state index >= 15 is 0 Å². The van der Waals surface area contributed by atoms with Crippen molar-refractivity contribution in [2.45, 2.75) is 128 Å². The van der Waals surface area contributed by atoms with Crippen LogP contribution in [0.2, 0.25) is 0 Å². The second kappa shape index (κ2) is 30.5. The molecule has 1 aromatic rings. The highest BCUT2D eigenvalue weighted by molar-refractivity contribution is 5.97. The number of nitrogens with one attached hydrogen (secondary N) is 7. The summed E-state index contributed by atoms with van der Waals surface area (Å²) in [4.78, 5) is 145. The van der Waals surface area contributed by atoms with E-state index in [0.29, 0.717) is 12.0 Å². The van der Waals surface area contributed by atoms with Crippen LogP contribution in [0.5, 0.6) is 0 Å². The second-order valence-electron chi connectivity index (χ2n) is 17.4. The molecule has 10 N–H and O–H groups in total. The standard InChI is InChI=1S/C48H69N7O17/c1-25(22-26(2)36(70-6)23-30-12-10-9-11-13-30)14-15-31-27(3)41(60)54-34(47(66)67)16-19-37(57)50-35(24-56)46(65)49-29(5)43(62)53-33(18-21-39(59)72-8)45(64)55-40(48(68)69)28(4)42(61)52-32(44(63)51-31)17-20-38(58)71-7/h9-15,22,26-29,31-36,40,56H,16-21,23-24H2,1-8H3,(H,49,65)(H,50,57)(H,51,63)(H,52,61)(H,53,62)(H,54,60)(H,55,64)(H,66,67)(H,68,69). The molecule has 0 saturated carbocycles. The monoisotopic (exact) mass is 1020 g/mol. The van der Waals surface area contributed by atoms with Crippen LogP contribution in [-0.2, 0) is 73.4 Å². The maximum absolute atomic E-state index is 14.3. The first-order valence-corrected chi connectivity index (χ1v) is 23.2. The zero-order valence-electron chi connectivity index (χ0n) is 41.7. The van der Waals surface area contributed by atoms with E-state index in [-0.39, 0.29) is 12.0 Å². The number of allylic oxidation sites excluding steroid dienone is 2. The lowest BCUT2D eigenvalue weighted by Gasteiger charge is -2.28. The number of methoxy groups -OCH3 is 3. The Morgan fingerprint density at radius 2 is 1.22 bits per heavy atom. The van der Waals surface area contributed by atoms with Gasteiger partial charge < -0.3 is 66.7 Å². The lowest BCUT2D eigenvalue weighted by molar-refractivity contribution is -0.147. The van der Waals surface area contributed by atoms with Gasteiger partial charge in [-0.3, -0.25) is 43.2 Å². The Kier molecular flexibility index (Phi) is 25.8. The maximum atomic E-state index is 14.3. The van der Waals surface area contributed by atoms with Crippen LogP contribution in [0, 0.1) is 17.8 Å². The lowest BCUT2D eigenvalue weighted by atomic mass is 9.94. The molecule has 1 aromatic carbocycles. The fraction of sp³-hybridized carbons (Fsp3) is 0.562. The number of carboxylic acid groups (broad SMARTS) is 2. The van der Waals surface area contributed by atoms with Crippen LogP contribution in [-0.4, -0.2) is 157 Å². The summed E-state index contributed by atoms with van der Waals surface area (Å²) in [5, 5.41) is 46.7. The lowest BCUT2D eigenvalue weighted by Crippen LogP contribution is -2.59. The molecular formula is C48H69N7O17. The summed E-state index contributed by atoms with van der Waals surface area (Å²) in [6.45, 7) is 6.32. The molecule has 1 saturated heterocycles. The molecule has 72 heavy (non-hydrogen) atoms. The first-order valence-electron chi connectivity index (χ1n) is 23.2. The number of aliphatic carboxylic acids is 2. The largest absolute Gasteiger partial charge is 0.480 e. The van der Waals surface area contributed by atoms with E-state index < -0.39 is 164 Å². The van der Waals surface area contributed by atoms with Gasteiger partial charge in [-0.25, -0.2) is 9.59 Å². The van der Waals surface area contributed by atoms with E-state index in [0.717, 1.165) is 33.6 Å². The number of carbonyl (C=O) groups excluding carboxylic acids is 9. The summed E-state index contributed by atoms with van der Waals surface area (Å²) >= 11 is 0. The zero-order valence-corrected chi connectivity index (χ0v) is 41.7. The van der Waals surface area contributed by atoms with Crippen LogP contribution in [0.1, 0.15) is 78.7 Å². The molecule has 7 amide bonds. The Bertz CT molecular complexity index is 2150. The fourth-order valence-corrected chi connectivity index (χ4v) is 7.28. The van der Waals surface area contributed by atoms with Gasteiger partial charge in [-0.1, -0.05) is 74.9 Å². The van der Waals surface area contributed by atoms with Crippen LogP contribution in [0.15, 0.2) is 54.1 Å². The summed E-state index contributed by atoms with van der Waals surface area (Å²) in [7, 11) is 3.72. The molecule has 1 aliphatic rings. The molecule has 398 valence electrons. The predicted octanol–water partition coefficient (Wildman–Crippen LogP) is -1.07. The third-order valence-electron chi connectivity index (χ3n) is 11.9. The highest BCUT2D eigenvalue weighted by atomic mass is 16.5. The van der Waals surface area contributed by atoms with Crippen molar-refractivity contribution >= 4 is 65.2 Å². The molecule has 0 spiro atoms. The number of amides is 7. The first-order chi connectivity index (χ1) is 34.0. The van der Waals surface area contributed by atoms with Gasteiger partial charge in [0.15, 0.2) is 0 Å². The molecule has 2 rings (SSSR count). The number of rotatable bonds is 16. The molecule has 1 fully saturated rings. The fourth-order valence-electron chi connectivity index (χ4n) is 7.28. The van der Waals surface area contributed by atoms with Crippen molar-refractivity contribution < 1.29 is 82.3 Å². The van der Waals surface area contributed by atoms with Gasteiger partial charge in [-0.15, -0.1) is 0 Å². The van der Waals surface area contributed by atoms with Crippen LogP contribution in [0.25, 0.3) is 0 Å². The minimum Gasteiger partial charge on any atom is -0.480 e. The number of hydrogen-bond acceptors (Lipinski definition) is 15. The van der Waals surface area contributed by atoms with E-state index in [9.17, 15) is 68.1 Å². The summed E-state index contributed by atoms with van der Waals surface area (Å²) < 4.78 is 15.1. The third kappa shape index (κ3) is 20.3. The van der Waals surface area contributed by atoms with Crippen LogP contribution >= 0.6 is 0 Å². The van der Waals surface area contributed by atoms with E-state index in [1.807, 2.05) is 43.3 Å². The Morgan fingerprint density at radius 3 is 1.75 bits per heavy atom. The molecule has 0 radical (unpaired) electrons. The molecule has 0 aromatic heterocycles. The maximum Gasteiger partial charge on any atom is 0.327 e. The van der Waals surface area contributed by atoms with Gasteiger partial charge >= 0.3 is 23.9 Å². The van der Waals surface area contributed by atoms with Crippen LogP contribution in [0.3, 0.4) is 0 Å². The van der Waals surface area contributed by atoms with Gasteiger partial charge in [0.1, 0.15) is 36.3 Å². The Balaban J connectivity index is 2.72.